The lowest BCUT2D eigenvalue weighted by Crippen LogP contribution is -2.09. The van der Waals surface area contributed by atoms with E-state index in [1.807, 2.05) is 24.3 Å². The number of Topliss-reactive ketones (excluding diaryl/α,β-unsaturated/α-hetero) is 1. The van der Waals surface area contributed by atoms with Crippen LogP contribution in [0.5, 0.6) is 0 Å². The third kappa shape index (κ3) is 1.64. The molecule has 1 aromatic carbocycles. The molecule has 1 aliphatic heterocycles. The van der Waals surface area contributed by atoms with Crippen molar-refractivity contribution < 1.29 is 4.79 Å². The van der Waals surface area contributed by atoms with Crippen molar-refractivity contribution in [3.05, 3.63) is 53.3 Å². The zero-order valence-corrected chi connectivity index (χ0v) is 9.73. The van der Waals surface area contributed by atoms with Crippen molar-refractivity contribution in [1.29, 1.82) is 0 Å². The maximum absolute atomic E-state index is 11.6. The van der Waals surface area contributed by atoms with E-state index in [4.69, 9.17) is 0 Å². The minimum atomic E-state index is 0.121. The highest BCUT2D eigenvalue weighted by Gasteiger charge is 2.16. The lowest BCUT2D eigenvalue weighted by atomic mass is 10.1. The highest BCUT2D eigenvalue weighted by molar-refractivity contribution is 5.92. The van der Waals surface area contributed by atoms with Gasteiger partial charge in [0.1, 0.15) is 0 Å². The summed E-state index contributed by atoms with van der Waals surface area (Å²) in [5.41, 5.74) is 4.33. The first-order valence-electron chi connectivity index (χ1n) is 5.77. The molecule has 0 radical (unpaired) electrons. The van der Waals surface area contributed by atoms with Gasteiger partial charge in [0.2, 0.25) is 0 Å². The third-order valence-electron chi connectivity index (χ3n) is 3.24. The molecule has 0 amide bonds. The number of nitrogens with one attached hydrogen (secondary N) is 1. The second-order valence-electron chi connectivity index (χ2n) is 4.36. The number of nitrogens with zero attached hydrogens (tertiary/aromatic N) is 1. The molecule has 1 aromatic heterocycles. The Labute approximate surface area is 100 Å². The van der Waals surface area contributed by atoms with Crippen molar-refractivity contribution in [3.63, 3.8) is 0 Å². The van der Waals surface area contributed by atoms with Crippen molar-refractivity contribution in [2.45, 2.75) is 20.0 Å². The molecule has 2 heterocycles. The van der Waals surface area contributed by atoms with E-state index in [0.717, 1.165) is 30.2 Å². The quantitative estimate of drug-likeness (QED) is 0.758. The number of carbonyl (C=O) groups excluding carboxylic acids is 1. The van der Waals surface area contributed by atoms with Gasteiger partial charge in [-0.3, -0.25) is 4.79 Å². The average molecular weight is 226 g/mol. The SMILES string of the molecule is CC(=O)c1ccc2n1Cc1ccccc1NC2. The smallest absolute Gasteiger partial charge is 0.176 e. The Morgan fingerprint density at radius 1 is 1.24 bits per heavy atom. The predicted octanol–water partition coefficient (Wildman–Crippen LogP) is 2.66. The van der Waals surface area contributed by atoms with Crippen LogP contribution < -0.4 is 5.32 Å². The van der Waals surface area contributed by atoms with E-state index in [1.54, 1.807) is 6.92 Å². The molecule has 2 aromatic rings. The maximum atomic E-state index is 11.6. The highest BCUT2D eigenvalue weighted by Crippen LogP contribution is 2.24. The van der Waals surface area contributed by atoms with E-state index in [0.29, 0.717) is 0 Å². The fraction of sp³-hybridized carbons (Fsp3) is 0.214. The number of ketones is 1. The van der Waals surface area contributed by atoms with Crippen molar-refractivity contribution in [1.82, 2.24) is 4.57 Å². The molecule has 1 aliphatic rings. The molecule has 0 unspecified atom stereocenters. The summed E-state index contributed by atoms with van der Waals surface area (Å²) in [6.07, 6.45) is 0. The van der Waals surface area contributed by atoms with Gasteiger partial charge in [0.25, 0.3) is 0 Å². The molecule has 3 heteroatoms. The fourth-order valence-corrected chi connectivity index (χ4v) is 2.35. The summed E-state index contributed by atoms with van der Waals surface area (Å²) in [4.78, 5) is 11.6. The van der Waals surface area contributed by atoms with Crippen LogP contribution in [0.1, 0.15) is 28.7 Å². The molecule has 86 valence electrons. The molecular formula is C14H14N2O. The molecule has 0 aliphatic carbocycles. The first-order valence-corrected chi connectivity index (χ1v) is 5.77. The number of rotatable bonds is 1. The van der Waals surface area contributed by atoms with Gasteiger partial charge in [-0.2, -0.15) is 0 Å². The lowest BCUT2D eigenvalue weighted by molar-refractivity contribution is 0.100. The zero-order chi connectivity index (χ0) is 11.8. The van der Waals surface area contributed by atoms with Gasteiger partial charge >= 0.3 is 0 Å². The van der Waals surface area contributed by atoms with Gasteiger partial charge in [-0.25, -0.2) is 0 Å². The Morgan fingerprint density at radius 2 is 2.06 bits per heavy atom. The van der Waals surface area contributed by atoms with Gasteiger partial charge in [-0.05, 0) is 23.8 Å². The van der Waals surface area contributed by atoms with Gasteiger partial charge in [0.15, 0.2) is 5.78 Å². The molecule has 0 spiro atoms. The summed E-state index contributed by atoms with van der Waals surface area (Å²) in [6, 6.07) is 12.2. The third-order valence-corrected chi connectivity index (χ3v) is 3.24. The number of para-hydroxylation sites is 1. The number of carbonyl (C=O) groups is 1. The molecule has 0 saturated carbocycles. The Hall–Kier alpha value is -2.03. The van der Waals surface area contributed by atoms with Crippen LogP contribution in [0.2, 0.25) is 0 Å². The normalized spacial score (nSPS) is 13.2. The van der Waals surface area contributed by atoms with Crippen molar-refractivity contribution >= 4 is 11.5 Å². The van der Waals surface area contributed by atoms with Crippen LogP contribution in [0, 0.1) is 0 Å². The topological polar surface area (TPSA) is 34.0 Å². The highest BCUT2D eigenvalue weighted by atomic mass is 16.1. The summed E-state index contributed by atoms with van der Waals surface area (Å²) >= 11 is 0. The zero-order valence-electron chi connectivity index (χ0n) is 9.73. The minimum Gasteiger partial charge on any atom is -0.379 e. The molecular weight excluding hydrogens is 212 g/mol. The lowest BCUT2D eigenvalue weighted by Gasteiger charge is -2.09. The maximum Gasteiger partial charge on any atom is 0.176 e. The van der Waals surface area contributed by atoms with Gasteiger partial charge in [0, 0.05) is 18.3 Å². The molecule has 0 fully saturated rings. The summed E-state index contributed by atoms with van der Waals surface area (Å²) in [7, 11) is 0. The van der Waals surface area contributed by atoms with Gasteiger partial charge in [-0.15, -0.1) is 0 Å². The van der Waals surface area contributed by atoms with E-state index >= 15 is 0 Å². The standard InChI is InChI=1S/C14H14N2O/c1-10(17)14-7-6-12-8-15-13-5-3-2-4-11(13)9-16(12)14/h2-7,15H,8-9H2,1H3. The van der Waals surface area contributed by atoms with Crippen molar-refractivity contribution in [2.75, 3.05) is 5.32 Å². The van der Waals surface area contributed by atoms with Crippen LogP contribution in [-0.4, -0.2) is 10.4 Å². The van der Waals surface area contributed by atoms with Crippen LogP contribution >= 0.6 is 0 Å². The van der Waals surface area contributed by atoms with E-state index in [9.17, 15) is 4.79 Å². The summed E-state index contributed by atoms with van der Waals surface area (Å²) in [5, 5.41) is 3.40. The van der Waals surface area contributed by atoms with Crippen molar-refractivity contribution in [2.24, 2.45) is 0 Å². The summed E-state index contributed by atoms with van der Waals surface area (Å²) in [6.45, 7) is 3.15. The number of anilines is 1. The van der Waals surface area contributed by atoms with Crippen molar-refractivity contribution in [3.8, 4) is 0 Å². The molecule has 3 nitrogen and oxygen atoms in total. The average Bonchev–Trinajstić information content (AvgIpc) is 2.63. The van der Waals surface area contributed by atoms with E-state index in [1.165, 1.54) is 5.56 Å². The van der Waals surface area contributed by atoms with E-state index in [2.05, 4.69) is 22.0 Å². The molecule has 1 N–H and O–H groups in total. The predicted molar refractivity (Wildman–Crippen MR) is 67.3 cm³/mol. The van der Waals surface area contributed by atoms with Gasteiger partial charge in [-0.1, -0.05) is 18.2 Å². The molecule has 0 saturated heterocycles. The first kappa shape index (κ1) is 10.1. The van der Waals surface area contributed by atoms with Crippen LogP contribution in [-0.2, 0) is 13.1 Å². The molecule has 17 heavy (non-hydrogen) atoms. The van der Waals surface area contributed by atoms with Crippen LogP contribution in [0.15, 0.2) is 36.4 Å². The van der Waals surface area contributed by atoms with E-state index < -0.39 is 0 Å². The number of benzene rings is 1. The minimum absolute atomic E-state index is 0.121. The molecule has 0 bridgehead atoms. The number of aromatic nitrogens is 1. The second kappa shape index (κ2) is 3.77. The number of hydrogen-bond acceptors (Lipinski definition) is 2. The van der Waals surface area contributed by atoms with Gasteiger partial charge in [0.05, 0.1) is 18.8 Å². The Bertz CT molecular complexity index is 584. The second-order valence-corrected chi connectivity index (χ2v) is 4.36. The molecule has 3 rings (SSSR count). The molecule has 0 atom stereocenters. The first-order chi connectivity index (χ1) is 8.25. The van der Waals surface area contributed by atoms with Crippen LogP contribution in [0.4, 0.5) is 5.69 Å². The van der Waals surface area contributed by atoms with Gasteiger partial charge < -0.3 is 9.88 Å². The number of hydrogen-bond donors (Lipinski definition) is 1. The number of fused-ring (bicyclic) bond motifs is 2. The van der Waals surface area contributed by atoms with Crippen LogP contribution in [0.25, 0.3) is 0 Å². The largest absolute Gasteiger partial charge is 0.379 e. The monoisotopic (exact) mass is 226 g/mol. The van der Waals surface area contributed by atoms with Crippen LogP contribution in [0.3, 0.4) is 0 Å². The Balaban J connectivity index is 2.11. The fourth-order valence-electron chi connectivity index (χ4n) is 2.35. The Kier molecular flexibility index (Phi) is 2.25. The Morgan fingerprint density at radius 3 is 2.88 bits per heavy atom. The summed E-state index contributed by atoms with van der Waals surface area (Å²) < 4.78 is 2.10. The summed E-state index contributed by atoms with van der Waals surface area (Å²) in [5.74, 6) is 0.121. The van der Waals surface area contributed by atoms with E-state index in [-0.39, 0.29) is 5.78 Å².